The number of hydrogen-bond donors (Lipinski definition) is 2. The molecular formula is C16H24N2O2. The van der Waals surface area contributed by atoms with Crippen molar-refractivity contribution >= 4 is 5.91 Å². The Hall–Kier alpha value is -1.55. The van der Waals surface area contributed by atoms with E-state index in [-0.39, 0.29) is 5.91 Å². The van der Waals surface area contributed by atoms with Crippen LogP contribution < -0.4 is 15.4 Å². The molecule has 0 aromatic heterocycles. The van der Waals surface area contributed by atoms with Crippen molar-refractivity contribution in [3.8, 4) is 5.75 Å². The lowest BCUT2D eigenvalue weighted by Crippen LogP contribution is -2.41. The van der Waals surface area contributed by atoms with Crippen molar-refractivity contribution in [3.05, 3.63) is 29.3 Å². The molecule has 1 atom stereocenters. The van der Waals surface area contributed by atoms with E-state index in [1.54, 1.807) is 7.11 Å². The average Bonchev–Trinajstić information content (AvgIpc) is 2.49. The molecule has 0 heterocycles. The van der Waals surface area contributed by atoms with Gasteiger partial charge in [-0.3, -0.25) is 4.79 Å². The van der Waals surface area contributed by atoms with E-state index >= 15 is 0 Å². The van der Waals surface area contributed by atoms with E-state index in [0.717, 1.165) is 38.0 Å². The highest BCUT2D eigenvalue weighted by atomic mass is 16.5. The van der Waals surface area contributed by atoms with Crippen LogP contribution >= 0.6 is 0 Å². The largest absolute Gasteiger partial charge is 0.497 e. The Labute approximate surface area is 120 Å². The maximum absolute atomic E-state index is 11.6. The van der Waals surface area contributed by atoms with Crippen LogP contribution in [0.5, 0.6) is 5.75 Å². The van der Waals surface area contributed by atoms with E-state index in [1.807, 2.05) is 6.07 Å². The Morgan fingerprint density at radius 2 is 2.25 bits per heavy atom. The number of carbonyl (C=O) groups excluding carboxylic acids is 1. The van der Waals surface area contributed by atoms with Crippen LogP contribution in [0, 0.1) is 0 Å². The highest BCUT2D eigenvalue weighted by Gasteiger charge is 2.19. The predicted octanol–water partition coefficient (Wildman–Crippen LogP) is 1.67. The average molecular weight is 276 g/mol. The number of methoxy groups -OCH3 is 1. The number of ether oxygens (including phenoxy) is 1. The zero-order valence-corrected chi connectivity index (χ0v) is 12.4. The van der Waals surface area contributed by atoms with Gasteiger partial charge < -0.3 is 15.4 Å². The van der Waals surface area contributed by atoms with Crippen molar-refractivity contribution in [2.75, 3.05) is 20.2 Å². The van der Waals surface area contributed by atoms with Crippen LogP contribution in [-0.2, 0) is 17.6 Å². The summed E-state index contributed by atoms with van der Waals surface area (Å²) >= 11 is 0. The van der Waals surface area contributed by atoms with Crippen LogP contribution in [-0.4, -0.2) is 32.1 Å². The zero-order chi connectivity index (χ0) is 14.4. The van der Waals surface area contributed by atoms with Gasteiger partial charge in [0.2, 0.25) is 5.91 Å². The third-order valence-electron chi connectivity index (χ3n) is 3.77. The summed E-state index contributed by atoms with van der Waals surface area (Å²) in [6.45, 7) is 3.22. The van der Waals surface area contributed by atoms with Crippen LogP contribution in [0.25, 0.3) is 0 Å². The van der Waals surface area contributed by atoms with Gasteiger partial charge in [-0.05, 0) is 48.9 Å². The predicted molar refractivity (Wildman–Crippen MR) is 80.1 cm³/mol. The number of amides is 1. The minimum atomic E-state index is 0.0864. The first kappa shape index (κ1) is 14.9. The molecule has 2 N–H and O–H groups in total. The molecular weight excluding hydrogens is 252 g/mol. The van der Waals surface area contributed by atoms with Gasteiger partial charge in [0.1, 0.15) is 5.75 Å². The van der Waals surface area contributed by atoms with Crippen LogP contribution in [0.2, 0.25) is 0 Å². The van der Waals surface area contributed by atoms with Gasteiger partial charge in [0, 0.05) is 12.6 Å². The van der Waals surface area contributed by atoms with Crippen LogP contribution in [0.3, 0.4) is 0 Å². The Morgan fingerprint density at radius 3 is 3.00 bits per heavy atom. The maximum atomic E-state index is 11.6. The summed E-state index contributed by atoms with van der Waals surface area (Å²) in [7, 11) is 1.69. The van der Waals surface area contributed by atoms with Crippen molar-refractivity contribution in [2.24, 2.45) is 0 Å². The fourth-order valence-corrected chi connectivity index (χ4v) is 2.60. The van der Waals surface area contributed by atoms with Gasteiger partial charge in [0.05, 0.1) is 13.7 Å². The second kappa shape index (κ2) is 7.29. The molecule has 20 heavy (non-hydrogen) atoms. The molecule has 0 radical (unpaired) electrons. The molecule has 0 saturated heterocycles. The van der Waals surface area contributed by atoms with Gasteiger partial charge in [-0.1, -0.05) is 13.0 Å². The summed E-state index contributed by atoms with van der Waals surface area (Å²) in [5, 5.41) is 6.24. The molecule has 1 aliphatic rings. The summed E-state index contributed by atoms with van der Waals surface area (Å²) in [6.07, 6.45) is 4.09. The fraction of sp³-hybridized carbons (Fsp3) is 0.562. The normalized spacial score (nSPS) is 17.4. The number of rotatable bonds is 6. The monoisotopic (exact) mass is 276 g/mol. The van der Waals surface area contributed by atoms with E-state index in [9.17, 15) is 4.79 Å². The molecule has 0 saturated carbocycles. The summed E-state index contributed by atoms with van der Waals surface area (Å²) in [5.74, 6) is 0.994. The molecule has 4 heteroatoms. The molecule has 1 aromatic carbocycles. The number of benzene rings is 1. The second-order valence-corrected chi connectivity index (χ2v) is 5.31. The molecule has 1 amide bonds. The van der Waals surface area contributed by atoms with Crippen molar-refractivity contribution in [3.63, 3.8) is 0 Å². The quantitative estimate of drug-likeness (QED) is 0.831. The van der Waals surface area contributed by atoms with Gasteiger partial charge in [0.15, 0.2) is 0 Å². The van der Waals surface area contributed by atoms with E-state index in [1.165, 1.54) is 11.1 Å². The van der Waals surface area contributed by atoms with E-state index in [4.69, 9.17) is 4.74 Å². The summed E-state index contributed by atoms with van der Waals surface area (Å²) in [4.78, 5) is 11.6. The highest BCUT2D eigenvalue weighted by Crippen LogP contribution is 2.25. The summed E-state index contributed by atoms with van der Waals surface area (Å²) < 4.78 is 5.27. The van der Waals surface area contributed by atoms with E-state index in [2.05, 4.69) is 29.7 Å². The number of carbonyl (C=O) groups is 1. The van der Waals surface area contributed by atoms with E-state index < -0.39 is 0 Å². The van der Waals surface area contributed by atoms with Crippen LogP contribution in [0.4, 0.5) is 0 Å². The van der Waals surface area contributed by atoms with Crippen LogP contribution in [0.15, 0.2) is 18.2 Å². The molecule has 1 aliphatic carbocycles. The topological polar surface area (TPSA) is 50.4 Å². The first-order valence-corrected chi connectivity index (χ1v) is 7.38. The Balaban J connectivity index is 1.85. The highest BCUT2D eigenvalue weighted by molar-refractivity contribution is 5.77. The SMILES string of the molecule is CCCNC(=O)CNC1CCc2ccc(OC)cc2C1. The first-order chi connectivity index (χ1) is 9.72. The van der Waals surface area contributed by atoms with Gasteiger partial charge >= 0.3 is 0 Å². The number of fused-ring (bicyclic) bond motifs is 1. The summed E-state index contributed by atoms with van der Waals surface area (Å²) in [6, 6.07) is 6.66. The fourth-order valence-electron chi connectivity index (χ4n) is 2.60. The maximum Gasteiger partial charge on any atom is 0.233 e. The Morgan fingerprint density at radius 1 is 1.40 bits per heavy atom. The van der Waals surface area contributed by atoms with Crippen molar-refractivity contribution in [2.45, 2.75) is 38.6 Å². The van der Waals surface area contributed by atoms with Crippen molar-refractivity contribution in [1.29, 1.82) is 0 Å². The first-order valence-electron chi connectivity index (χ1n) is 7.38. The molecule has 1 unspecified atom stereocenters. The number of hydrogen-bond acceptors (Lipinski definition) is 3. The Bertz CT molecular complexity index is 460. The molecule has 110 valence electrons. The van der Waals surface area contributed by atoms with E-state index in [0.29, 0.717) is 12.6 Å². The zero-order valence-electron chi connectivity index (χ0n) is 12.4. The lowest BCUT2D eigenvalue weighted by atomic mass is 9.88. The molecule has 4 nitrogen and oxygen atoms in total. The smallest absolute Gasteiger partial charge is 0.233 e. The molecule has 0 bridgehead atoms. The van der Waals surface area contributed by atoms with Gasteiger partial charge in [0.25, 0.3) is 0 Å². The summed E-state index contributed by atoms with van der Waals surface area (Å²) in [5.41, 5.74) is 2.74. The van der Waals surface area contributed by atoms with Crippen LogP contribution in [0.1, 0.15) is 30.9 Å². The van der Waals surface area contributed by atoms with Gasteiger partial charge in [-0.15, -0.1) is 0 Å². The Kier molecular flexibility index (Phi) is 5.41. The van der Waals surface area contributed by atoms with Gasteiger partial charge in [-0.2, -0.15) is 0 Å². The molecule has 0 aliphatic heterocycles. The minimum absolute atomic E-state index is 0.0864. The number of nitrogens with one attached hydrogen (secondary N) is 2. The lowest BCUT2D eigenvalue weighted by Gasteiger charge is -2.25. The molecule has 2 rings (SSSR count). The lowest BCUT2D eigenvalue weighted by molar-refractivity contribution is -0.120. The standard InChI is InChI=1S/C16H24N2O2/c1-3-8-17-16(19)11-18-14-6-4-12-5-7-15(20-2)10-13(12)9-14/h5,7,10,14,18H,3-4,6,8-9,11H2,1-2H3,(H,17,19). The minimum Gasteiger partial charge on any atom is -0.497 e. The molecule has 0 spiro atoms. The molecule has 0 fully saturated rings. The van der Waals surface area contributed by atoms with Gasteiger partial charge in [-0.25, -0.2) is 0 Å². The molecule has 1 aromatic rings. The third-order valence-corrected chi connectivity index (χ3v) is 3.77. The van der Waals surface area contributed by atoms with Crippen molar-refractivity contribution < 1.29 is 9.53 Å². The number of aryl methyl sites for hydroxylation is 1. The second-order valence-electron chi connectivity index (χ2n) is 5.31. The third kappa shape index (κ3) is 3.97. The van der Waals surface area contributed by atoms with Crippen molar-refractivity contribution in [1.82, 2.24) is 10.6 Å².